The molecule has 3 rings (SSSR count). The standard InChI is InChI=1S/C37H55N7O5/c1-3-24(2)29(35(39)48)23-32(45)30(16-9-19-42-37(40)41)43-36(49)27(12-6-7-18-38)21-33(46)31-17-10-20-44(31)34(47)22-26-14-8-13-25-11-4-5-15-28(25)26/h4-5,8,11,13-15,24,27,29-31H,3,6-7,9-10,12,16-23,38H2,1-2H3,(H2,39,48)(H,43,49)(H4,40,41,42)/t24-,27+,29-,30-,31-/m0/s1. The lowest BCUT2D eigenvalue weighted by Crippen LogP contribution is -2.47. The Balaban J connectivity index is 1.76. The van der Waals surface area contributed by atoms with Crippen LogP contribution in [0.4, 0.5) is 0 Å². The average molecular weight is 678 g/mol. The summed E-state index contributed by atoms with van der Waals surface area (Å²) in [4.78, 5) is 72.7. The third kappa shape index (κ3) is 11.7. The van der Waals surface area contributed by atoms with Crippen molar-refractivity contribution < 1.29 is 24.0 Å². The first-order valence-electron chi connectivity index (χ1n) is 17.6. The van der Waals surface area contributed by atoms with E-state index >= 15 is 0 Å². The van der Waals surface area contributed by atoms with E-state index in [9.17, 15) is 24.0 Å². The summed E-state index contributed by atoms with van der Waals surface area (Å²) in [5.41, 5.74) is 23.2. The minimum Gasteiger partial charge on any atom is -0.370 e. The van der Waals surface area contributed by atoms with E-state index in [4.69, 9.17) is 22.9 Å². The van der Waals surface area contributed by atoms with Crippen LogP contribution in [0.15, 0.2) is 47.5 Å². The smallest absolute Gasteiger partial charge is 0.227 e. The molecule has 2 aromatic carbocycles. The summed E-state index contributed by atoms with van der Waals surface area (Å²) in [5, 5.41) is 4.95. The van der Waals surface area contributed by atoms with Gasteiger partial charge in [-0.2, -0.15) is 0 Å². The Labute approximate surface area is 289 Å². The molecule has 2 aromatic rings. The lowest BCUT2D eigenvalue weighted by atomic mass is 9.84. The van der Waals surface area contributed by atoms with Gasteiger partial charge in [0.15, 0.2) is 17.5 Å². The summed E-state index contributed by atoms with van der Waals surface area (Å²) in [5.74, 6) is -3.15. The highest BCUT2D eigenvalue weighted by molar-refractivity contribution is 5.96. The second kappa shape index (κ2) is 19.6. The van der Waals surface area contributed by atoms with Crippen molar-refractivity contribution in [1.29, 1.82) is 0 Å². The van der Waals surface area contributed by atoms with Crippen LogP contribution in [0.5, 0.6) is 0 Å². The molecular weight excluding hydrogens is 622 g/mol. The number of rotatable bonds is 21. The molecule has 0 radical (unpaired) electrons. The normalized spacial score (nSPS) is 16.8. The maximum atomic E-state index is 13.8. The SMILES string of the molecule is CC[C@H](C)[C@H](CC(=O)[C@H](CCCN=C(N)N)NC(=O)[C@H](CCCCN)CC(=O)[C@@H]1CCCN1C(=O)Cc1cccc2ccccc12)C(N)=O. The van der Waals surface area contributed by atoms with Gasteiger partial charge in [0.25, 0.3) is 0 Å². The third-order valence-electron chi connectivity index (χ3n) is 9.76. The van der Waals surface area contributed by atoms with Crippen molar-refractivity contribution in [3.8, 4) is 0 Å². The number of likely N-dealkylation sites (tertiary alicyclic amines) is 1. The van der Waals surface area contributed by atoms with E-state index in [1.807, 2.05) is 56.3 Å². The van der Waals surface area contributed by atoms with E-state index in [1.54, 1.807) is 4.90 Å². The lowest BCUT2D eigenvalue weighted by Gasteiger charge is -2.27. The number of benzene rings is 2. The van der Waals surface area contributed by atoms with E-state index in [0.717, 1.165) is 16.3 Å². The van der Waals surface area contributed by atoms with Crippen LogP contribution in [-0.2, 0) is 30.4 Å². The summed E-state index contributed by atoms with van der Waals surface area (Å²) < 4.78 is 0. The number of nitrogens with one attached hydrogen (secondary N) is 1. The van der Waals surface area contributed by atoms with Gasteiger partial charge in [-0.3, -0.25) is 29.0 Å². The van der Waals surface area contributed by atoms with Crippen LogP contribution in [0.3, 0.4) is 0 Å². The van der Waals surface area contributed by atoms with Crippen LogP contribution in [-0.4, -0.2) is 71.9 Å². The first kappa shape index (κ1) is 39.1. The molecule has 0 saturated carbocycles. The van der Waals surface area contributed by atoms with E-state index in [1.165, 1.54) is 0 Å². The highest BCUT2D eigenvalue weighted by Gasteiger charge is 2.37. The summed E-state index contributed by atoms with van der Waals surface area (Å²) in [6, 6.07) is 12.2. The molecule has 1 aliphatic rings. The van der Waals surface area contributed by atoms with Crippen LogP contribution in [0.2, 0.25) is 0 Å². The van der Waals surface area contributed by atoms with Gasteiger partial charge >= 0.3 is 0 Å². The number of nitrogens with two attached hydrogens (primary N) is 4. The van der Waals surface area contributed by atoms with Crippen LogP contribution in [0, 0.1) is 17.8 Å². The number of hydrogen-bond acceptors (Lipinski definition) is 7. The zero-order chi connectivity index (χ0) is 35.9. The Morgan fingerprint density at radius 3 is 2.39 bits per heavy atom. The number of Topliss-reactive ketones (excluding diaryl/α,β-unsaturated/α-hetero) is 2. The molecule has 0 aliphatic carbocycles. The van der Waals surface area contributed by atoms with Gasteiger partial charge in [0.05, 0.1) is 18.5 Å². The van der Waals surface area contributed by atoms with Gasteiger partial charge < -0.3 is 33.2 Å². The predicted octanol–water partition coefficient (Wildman–Crippen LogP) is 2.72. The number of amides is 3. The number of fused-ring (bicyclic) bond motifs is 1. The van der Waals surface area contributed by atoms with Gasteiger partial charge in [-0.05, 0) is 67.3 Å². The molecule has 12 nitrogen and oxygen atoms in total. The molecule has 49 heavy (non-hydrogen) atoms. The molecule has 0 aromatic heterocycles. The Kier molecular flexibility index (Phi) is 15.7. The van der Waals surface area contributed by atoms with Crippen molar-refractivity contribution in [2.24, 2.45) is 45.7 Å². The van der Waals surface area contributed by atoms with Crippen LogP contribution in [0.1, 0.15) is 83.6 Å². The number of primary amides is 1. The second-order valence-corrected chi connectivity index (χ2v) is 13.3. The number of guanidine groups is 1. The van der Waals surface area contributed by atoms with Gasteiger partial charge in [0.2, 0.25) is 17.7 Å². The largest absolute Gasteiger partial charge is 0.370 e. The van der Waals surface area contributed by atoms with Gasteiger partial charge in [-0.25, -0.2) is 0 Å². The Morgan fingerprint density at radius 1 is 0.959 bits per heavy atom. The number of aliphatic imine (C=N–C) groups is 1. The summed E-state index contributed by atoms with van der Waals surface area (Å²) >= 11 is 0. The van der Waals surface area contributed by atoms with Crippen molar-refractivity contribution in [2.45, 2.75) is 96.6 Å². The van der Waals surface area contributed by atoms with E-state index in [2.05, 4.69) is 10.3 Å². The fraction of sp³-hybridized carbons (Fsp3) is 0.568. The first-order valence-corrected chi connectivity index (χ1v) is 17.6. The molecule has 1 saturated heterocycles. The summed E-state index contributed by atoms with van der Waals surface area (Å²) in [6.07, 6.45) is 4.26. The quantitative estimate of drug-likeness (QED) is 0.0750. The molecular formula is C37H55N7O5. The number of nitrogens with zero attached hydrogens (tertiary/aromatic N) is 2. The average Bonchev–Trinajstić information content (AvgIpc) is 3.58. The molecule has 12 heteroatoms. The second-order valence-electron chi connectivity index (χ2n) is 13.3. The van der Waals surface area contributed by atoms with Crippen LogP contribution < -0.4 is 28.3 Å². The van der Waals surface area contributed by atoms with Crippen molar-refractivity contribution in [3.63, 3.8) is 0 Å². The topological polar surface area (TPSA) is 217 Å². The number of ketones is 2. The van der Waals surface area contributed by atoms with Gasteiger partial charge in [-0.1, -0.05) is 69.2 Å². The number of carbonyl (C=O) groups is 5. The fourth-order valence-corrected chi connectivity index (χ4v) is 6.68. The molecule has 5 atom stereocenters. The Hall–Kier alpha value is -4.32. The van der Waals surface area contributed by atoms with E-state index < -0.39 is 35.7 Å². The maximum Gasteiger partial charge on any atom is 0.227 e. The van der Waals surface area contributed by atoms with E-state index in [-0.39, 0.29) is 61.6 Å². The highest BCUT2D eigenvalue weighted by atomic mass is 16.2. The van der Waals surface area contributed by atoms with Crippen molar-refractivity contribution in [2.75, 3.05) is 19.6 Å². The first-order chi connectivity index (χ1) is 23.5. The fourth-order valence-electron chi connectivity index (χ4n) is 6.68. The molecule has 0 spiro atoms. The Morgan fingerprint density at radius 2 is 1.69 bits per heavy atom. The van der Waals surface area contributed by atoms with Gasteiger partial charge in [0, 0.05) is 37.8 Å². The zero-order valence-corrected chi connectivity index (χ0v) is 29.1. The maximum absolute atomic E-state index is 13.8. The molecule has 0 bridgehead atoms. The predicted molar refractivity (Wildman–Crippen MR) is 192 cm³/mol. The minimum atomic E-state index is -0.912. The summed E-state index contributed by atoms with van der Waals surface area (Å²) in [6.45, 7) is 4.97. The molecule has 1 aliphatic heterocycles. The summed E-state index contributed by atoms with van der Waals surface area (Å²) in [7, 11) is 0. The van der Waals surface area contributed by atoms with Crippen molar-refractivity contribution >= 4 is 46.0 Å². The van der Waals surface area contributed by atoms with Crippen LogP contribution >= 0.6 is 0 Å². The van der Waals surface area contributed by atoms with E-state index in [0.29, 0.717) is 58.0 Å². The van der Waals surface area contributed by atoms with Crippen molar-refractivity contribution in [3.05, 3.63) is 48.0 Å². The highest BCUT2D eigenvalue weighted by Crippen LogP contribution is 2.26. The molecule has 0 unspecified atom stereocenters. The minimum absolute atomic E-state index is 0.0647. The van der Waals surface area contributed by atoms with Gasteiger partial charge in [-0.15, -0.1) is 0 Å². The monoisotopic (exact) mass is 677 g/mol. The molecule has 9 N–H and O–H groups in total. The Bertz CT molecular complexity index is 1470. The number of hydrogen-bond donors (Lipinski definition) is 5. The third-order valence-corrected chi connectivity index (χ3v) is 9.76. The van der Waals surface area contributed by atoms with Crippen LogP contribution in [0.25, 0.3) is 10.8 Å². The van der Waals surface area contributed by atoms with Gasteiger partial charge in [0.1, 0.15) is 0 Å². The lowest BCUT2D eigenvalue weighted by molar-refractivity contribution is -0.139. The number of unbranched alkanes of at least 4 members (excludes halogenated alkanes) is 1. The molecule has 1 heterocycles. The number of carbonyl (C=O) groups excluding carboxylic acids is 5. The molecule has 268 valence electrons. The zero-order valence-electron chi connectivity index (χ0n) is 29.1. The molecule has 3 amide bonds. The van der Waals surface area contributed by atoms with Crippen molar-refractivity contribution in [1.82, 2.24) is 10.2 Å². The molecule has 1 fully saturated rings.